The molecule has 1 aliphatic heterocycles. The van der Waals surface area contributed by atoms with E-state index in [1.165, 1.54) is 0 Å². The Balaban J connectivity index is 1.53. The molecular weight excluding hydrogens is 496 g/mol. The maximum atomic E-state index is 11.9. The highest BCUT2D eigenvalue weighted by Gasteiger charge is 2.42. The predicted octanol–water partition coefficient (Wildman–Crippen LogP) is 5.61. The fraction of sp³-hybridized carbons (Fsp3) is 0.406. The van der Waals surface area contributed by atoms with E-state index in [-0.39, 0.29) is 12.5 Å². The monoisotopic (exact) mass is 534 g/mol. The summed E-state index contributed by atoms with van der Waals surface area (Å²) in [6.07, 6.45) is -2.84. The van der Waals surface area contributed by atoms with E-state index >= 15 is 0 Å². The van der Waals surface area contributed by atoms with E-state index in [2.05, 4.69) is 0 Å². The zero-order valence-electron chi connectivity index (χ0n) is 22.6. The van der Waals surface area contributed by atoms with Gasteiger partial charge in [-0.25, -0.2) is 4.79 Å². The van der Waals surface area contributed by atoms with Crippen LogP contribution in [-0.2, 0) is 48.3 Å². The fourth-order valence-corrected chi connectivity index (χ4v) is 4.57. The Kier molecular flexibility index (Phi) is 11.1. The summed E-state index contributed by atoms with van der Waals surface area (Å²) in [5.41, 5.74) is 3.11. The first-order chi connectivity index (χ1) is 19.0. The first-order valence-electron chi connectivity index (χ1n) is 13.5. The van der Waals surface area contributed by atoms with Gasteiger partial charge in [0.2, 0.25) is 0 Å². The van der Waals surface area contributed by atoms with Crippen LogP contribution in [0.3, 0.4) is 0 Å². The van der Waals surface area contributed by atoms with Crippen LogP contribution in [0, 0.1) is 5.92 Å². The van der Waals surface area contributed by atoms with Crippen molar-refractivity contribution in [3.05, 3.63) is 108 Å². The van der Waals surface area contributed by atoms with Crippen LogP contribution in [0.5, 0.6) is 0 Å². The van der Waals surface area contributed by atoms with Gasteiger partial charge in [0.25, 0.3) is 0 Å². The molecule has 208 valence electrons. The minimum absolute atomic E-state index is 0.227. The molecule has 0 aromatic heterocycles. The number of hydrogen-bond donors (Lipinski definition) is 1. The van der Waals surface area contributed by atoms with E-state index in [1.807, 2.05) is 105 Å². The van der Waals surface area contributed by atoms with Crippen molar-refractivity contribution in [2.24, 2.45) is 5.92 Å². The Morgan fingerprint density at radius 3 is 1.85 bits per heavy atom. The molecule has 5 atom stereocenters. The summed E-state index contributed by atoms with van der Waals surface area (Å²) in [6, 6.07) is 29.8. The van der Waals surface area contributed by atoms with Gasteiger partial charge in [-0.2, -0.15) is 0 Å². The molecule has 0 saturated carbocycles. The molecule has 7 heteroatoms. The SMILES string of the molecule is CC(C)C(O[C@@H]1C[C@@H](OCc2ccccc2)[C@H](OCc2ccccc2)[C@@H](COCc2ccccc2)O1)C(=O)O. The molecule has 4 rings (SSSR count). The van der Waals surface area contributed by atoms with Crippen molar-refractivity contribution in [3.8, 4) is 0 Å². The number of rotatable bonds is 14. The van der Waals surface area contributed by atoms with Crippen molar-refractivity contribution in [2.75, 3.05) is 6.61 Å². The van der Waals surface area contributed by atoms with E-state index in [0.717, 1.165) is 16.7 Å². The zero-order chi connectivity index (χ0) is 27.5. The maximum Gasteiger partial charge on any atom is 0.333 e. The average molecular weight is 535 g/mol. The van der Waals surface area contributed by atoms with E-state index in [9.17, 15) is 9.90 Å². The van der Waals surface area contributed by atoms with E-state index in [1.54, 1.807) is 0 Å². The molecule has 1 N–H and O–H groups in total. The lowest BCUT2D eigenvalue weighted by Crippen LogP contribution is -2.54. The van der Waals surface area contributed by atoms with Crippen LogP contribution in [0.15, 0.2) is 91.0 Å². The summed E-state index contributed by atoms with van der Waals surface area (Å²) in [5, 5.41) is 9.73. The van der Waals surface area contributed by atoms with Crippen LogP contribution in [0.25, 0.3) is 0 Å². The molecule has 1 heterocycles. The average Bonchev–Trinajstić information content (AvgIpc) is 2.95. The number of ether oxygens (including phenoxy) is 5. The highest BCUT2D eigenvalue weighted by molar-refractivity contribution is 5.72. The first kappa shape index (κ1) is 28.9. The second kappa shape index (κ2) is 14.9. The number of carboxylic acids is 1. The number of aliphatic carboxylic acids is 1. The second-order valence-electron chi connectivity index (χ2n) is 10.1. The van der Waals surface area contributed by atoms with Gasteiger partial charge in [-0.15, -0.1) is 0 Å². The minimum Gasteiger partial charge on any atom is -0.479 e. The van der Waals surface area contributed by atoms with Crippen LogP contribution in [-0.4, -0.2) is 48.4 Å². The summed E-state index contributed by atoms with van der Waals surface area (Å²) in [5.74, 6) is -1.25. The second-order valence-corrected chi connectivity index (χ2v) is 10.1. The molecule has 1 aliphatic rings. The highest BCUT2D eigenvalue weighted by Crippen LogP contribution is 2.30. The number of carboxylic acid groups (broad SMARTS) is 1. The minimum atomic E-state index is -1.02. The molecule has 0 aliphatic carbocycles. The Bertz CT molecular complexity index is 1110. The van der Waals surface area contributed by atoms with Crippen LogP contribution in [0.4, 0.5) is 0 Å². The van der Waals surface area contributed by atoms with Gasteiger partial charge >= 0.3 is 5.97 Å². The molecule has 3 aromatic carbocycles. The Hall–Kier alpha value is -3.07. The van der Waals surface area contributed by atoms with Gasteiger partial charge in [-0.05, 0) is 22.6 Å². The quantitative estimate of drug-likeness (QED) is 0.288. The Morgan fingerprint density at radius 2 is 1.33 bits per heavy atom. The topological polar surface area (TPSA) is 83.5 Å². The number of benzene rings is 3. The number of hydrogen-bond acceptors (Lipinski definition) is 6. The Labute approximate surface area is 230 Å². The van der Waals surface area contributed by atoms with Gasteiger partial charge in [0.15, 0.2) is 12.4 Å². The largest absolute Gasteiger partial charge is 0.479 e. The van der Waals surface area contributed by atoms with Gasteiger partial charge in [0, 0.05) is 6.42 Å². The lowest BCUT2D eigenvalue weighted by atomic mass is 10.00. The van der Waals surface area contributed by atoms with Crippen molar-refractivity contribution in [3.63, 3.8) is 0 Å². The van der Waals surface area contributed by atoms with Crippen LogP contribution in [0.1, 0.15) is 37.0 Å². The van der Waals surface area contributed by atoms with Crippen molar-refractivity contribution < 1.29 is 33.6 Å². The van der Waals surface area contributed by atoms with E-state index < -0.39 is 36.7 Å². The van der Waals surface area contributed by atoms with E-state index in [0.29, 0.717) is 26.2 Å². The fourth-order valence-electron chi connectivity index (χ4n) is 4.57. The van der Waals surface area contributed by atoms with Crippen molar-refractivity contribution in [2.45, 2.75) is 70.8 Å². The molecule has 0 bridgehead atoms. The zero-order valence-corrected chi connectivity index (χ0v) is 22.6. The summed E-state index contributed by atoms with van der Waals surface area (Å²) < 4.78 is 31.2. The summed E-state index contributed by atoms with van der Waals surface area (Å²) in [6.45, 7) is 5.04. The third kappa shape index (κ3) is 8.98. The third-order valence-electron chi connectivity index (χ3n) is 6.62. The summed E-state index contributed by atoms with van der Waals surface area (Å²) in [7, 11) is 0. The van der Waals surface area contributed by atoms with Crippen molar-refractivity contribution >= 4 is 5.97 Å². The van der Waals surface area contributed by atoms with Gasteiger partial charge in [-0.1, -0.05) is 105 Å². The summed E-state index contributed by atoms with van der Waals surface area (Å²) >= 11 is 0. The van der Waals surface area contributed by atoms with Gasteiger partial charge in [0.05, 0.1) is 32.5 Å². The van der Waals surface area contributed by atoms with Gasteiger partial charge in [-0.3, -0.25) is 0 Å². The molecule has 0 radical (unpaired) electrons. The third-order valence-corrected chi connectivity index (χ3v) is 6.62. The van der Waals surface area contributed by atoms with Crippen LogP contribution < -0.4 is 0 Å². The van der Waals surface area contributed by atoms with Gasteiger partial charge in [0.1, 0.15) is 12.2 Å². The van der Waals surface area contributed by atoms with Gasteiger partial charge < -0.3 is 28.8 Å². The molecule has 0 amide bonds. The van der Waals surface area contributed by atoms with Crippen LogP contribution in [0.2, 0.25) is 0 Å². The van der Waals surface area contributed by atoms with Crippen molar-refractivity contribution in [1.82, 2.24) is 0 Å². The summed E-state index contributed by atoms with van der Waals surface area (Å²) in [4.78, 5) is 11.9. The molecule has 1 unspecified atom stereocenters. The molecule has 3 aromatic rings. The van der Waals surface area contributed by atoms with E-state index in [4.69, 9.17) is 23.7 Å². The molecule has 1 saturated heterocycles. The highest BCUT2D eigenvalue weighted by atomic mass is 16.7. The Morgan fingerprint density at radius 1 is 0.821 bits per heavy atom. The normalized spacial score (nSPS) is 22.0. The predicted molar refractivity (Wildman–Crippen MR) is 147 cm³/mol. The number of carbonyl (C=O) groups is 1. The maximum absolute atomic E-state index is 11.9. The first-order valence-corrected chi connectivity index (χ1v) is 13.5. The lowest BCUT2D eigenvalue weighted by Gasteiger charge is -2.42. The van der Waals surface area contributed by atoms with Crippen molar-refractivity contribution in [1.29, 1.82) is 0 Å². The molecular formula is C32H38O7. The smallest absolute Gasteiger partial charge is 0.333 e. The molecule has 7 nitrogen and oxygen atoms in total. The van der Waals surface area contributed by atoms with Crippen LogP contribution >= 0.6 is 0 Å². The molecule has 0 spiro atoms. The standard InChI is InChI=1S/C32H38O7/c1-23(2)30(32(33)34)39-29-18-27(36-20-25-14-8-4-9-15-25)31(37-21-26-16-10-5-11-17-26)28(38-29)22-35-19-24-12-6-3-7-13-24/h3-17,23,27-31H,18-22H2,1-2H3,(H,33,34)/t27-,28-,29-,30?,31+/m1/s1. The lowest BCUT2D eigenvalue weighted by molar-refractivity contribution is -0.290. The molecule has 39 heavy (non-hydrogen) atoms. The molecule has 1 fully saturated rings.